The Balaban J connectivity index is 0.000000941. The van der Waals surface area contributed by atoms with Crippen LogP contribution >= 0.6 is 0 Å². The lowest BCUT2D eigenvalue weighted by atomic mass is 10.0. The van der Waals surface area contributed by atoms with Crippen molar-refractivity contribution in [1.29, 1.82) is 0 Å². The third-order valence-corrected chi connectivity index (χ3v) is 5.61. The van der Waals surface area contributed by atoms with Crippen LogP contribution in [0.1, 0.15) is 57.4 Å². The maximum absolute atomic E-state index is 13.0. The van der Waals surface area contributed by atoms with Crippen LogP contribution in [0.3, 0.4) is 0 Å². The molecule has 0 spiro atoms. The highest BCUT2D eigenvalue weighted by atomic mass is 19.4. The molecule has 2 aromatic carbocycles. The minimum absolute atomic E-state index is 0.0662. The van der Waals surface area contributed by atoms with Gasteiger partial charge in [-0.25, -0.2) is 9.59 Å². The number of amides is 1. The number of fused-ring (bicyclic) bond motifs is 1. The minimum atomic E-state index is -5.08. The number of aliphatic carboxylic acids is 2. The van der Waals surface area contributed by atoms with Gasteiger partial charge in [0.25, 0.3) is 0 Å². The van der Waals surface area contributed by atoms with E-state index in [1.807, 2.05) is 11.0 Å². The Kier molecular flexibility index (Phi) is 17.3. The molecule has 0 saturated heterocycles. The number of hydrogen-bond acceptors (Lipinski definition) is 5. The van der Waals surface area contributed by atoms with E-state index in [1.54, 1.807) is 0 Å². The van der Waals surface area contributed by atoms with E-state index in [4.69, 9.17) is 31.3 Å². The summed E-state index contributed by atoms with van der Waals surface area (Å²) in [7, 11) is 0. The van der Waals surface area contributed by atoms with Gasteiger partial charge in [0, 0.05) is 13.1 Å². The van der Waals surface area contributed by atoms with E-state index in [9.17, 15) is 31.1 Å². The van der Waals surface area contributed by atoms with Crippen LogP contribution < -0.4 is 11.5 Å². The zero-order valence-corrected chi connectivity index (χ0v) is 22.7. The fourth-order valence-corrected chi connectivity index (χ4v) is 3.50. The second-order valence-electron chi connectivity index (χ2n) is 8.96. The molecule has 2 rings (SSSR count). The monoisotopic (exact) mass is 597 g/mol. The molecule has 0 aromatic heterocycles. The summed E-state index contributed by atoms with van der Waals surface area (Å²) in [4.78, 5) is 32.8. The highest BCUT2D eigenvalue weighted by Crippen LogP contribution is 2.21. The summed E-state index contributed by atoms with van der Waals surface area (Å²) in [6.45, 7) is 4.24. The number of carboxylic acids is 2. The normalized spacial score (nSPS) is 11.9. The SMILES string of the molecule is CCCCCCN(Cc1cccc2ccccc12)C(=O)[C@@H](N)CCCCN.O=C(O)C(F)(F)F.O=C(O)C(F)(F)F. The molecule has 0 bridgehead atoms. The molecule has 2 aromatic rings. The standard InChI is InChI=1S/C23H35N3O.2C2HF3O2/c1-2-3-4-9-17-26(23(27)22(25)15-7-8-16-24)18-20-13-10-12-19-11-5-6-14-21(19)20;2*3-2(4,5)1(6)7/h5-6,10-14,22H,2-4,7-9,15-18,24-25H2,1H3;2*(H,6,7)/t22-;;/m0../s1. The quantitative estimate of drug-likeness (QED) is 0.187. The van der Waals surface area contributed by atoms with E-state index in [2.05, 4.69) is 43.3 Å². The molecule has 0 unspecified atom stereocenters. The summed E-state index contributed by atoms with van der Waals surface area (Å²) < 4.78 is 63.5. The predicted molar refractivity (Wildman–Crippen MR) is 142 cm³/mol. The third-order valence-electron chi connectivity index (χ3n) is 5.61. The average molecular weight is 598 g/mol. The van der Waals surface area contributed by atoms with Crippen LogP contribution in [0.4, 0.5) is 26.3 Å². The fourth-order valence-electron chi connectivity index (χ4n) is 3.50. The van der Waals surface area contributed by atoms with Crippen molar-refractivity contribution in [2.45, 2.75) is 76.8 Å². The number of nitrogens with zero attached hydrogens (tertiary/aromatic N) is 1. The molecule has 0 fully saturated rings. The Bertz CT molecular complexity index is 1050. The molecule has 0 aliphatic heterocycles. The van der Waals surface area contributed by atoms with Crippen molar-refractivity contribution in [3.05, 3.63) is 48.0 Å². The lowest BCUT2D eigenvalue weighted by Gasteiger charge is -2.26. The molecule has 232 valence electrons. The smallest absolute Gasteiger partial charge is 0.475 e. The van der Waals surface area contributed by atoms with Gasteiger partial charge in [0.05, 0.1) is 6.04 Å². The van der Waals surface area contributed by atoms with Gasteiger partial charge in [-0.3, -0.25) is 4.79 Å². The van der Waals surface area contributed by atoms with Crippen LogP contribution in [-0.2, 0) is 20.9 Å². The molecule has 0 aliphatic carbocycles. The summed E-state index contributed by atoms with van der Waals surface area (Å²) in [5.74, 6) is -5.45. The van der Waals surface area contributed by atoms with Crippen molar-refractivity contribution in [2.24, 2.45) is 11.5 Å². The maximum Gasteiger partial charge on any atom is 0.490 e. The minimum Gasteiger partial charge on any atom is -0.475 e. The molecule has 1 atom stereocenters. The molecular formula is C27H37F6N3O5. The lowest BCUT2D eigenvalue weighted by Crippen LogP contribution is -2.43. The van der Waals surface area contributed by atoms with Crippen molar-refractivity contribution in [1.82, 2.24) is 4.90 Å². The first kappa shape index (κ1) is 37.6. The Hall–Kier alpha value is -3.39. The number of carbonyl (C=O) groups is 3. The van der Waals surface area contributed by atoms with E-state index >= 15 is 0 Å². The summed E-state index contributed by atoms with van der Waals surface area (Å²) in [6, 6.07) is 14.2. The first-order valence-corrected chi connectivity index (χ1v) is 12.9. The van der Waals surface area contributed by atoms with Gasteiger partial charge >= 0.3 is 24.3 Å². The van der Waals surface area contributed by atoms with Gasteiger partial charge in [-0.2, -0.15) is 26.3 Å². The van der Waals surface area contributed by atoms with Gasteiger partial charge in [-0.1, -0.05) is 75.1 Å². The molecule has 0 aliphatic rings. The number of benzene rings is 2. The molecule has 14 heteroatoms. The number of carbonyl (C=O) groups excluding carboxylic acids is 1. The number of hydrogen-bond donors (Lipinski definition) is 4. The van der Waals surface area contributed by atoms with Crippen molar-refractivity contribution in [3.63, 3.8) is 0 Å². The number of halogens is 6. The molecule has 8 nitrogen and oxygen atoms in total. The number of unbranched alkanes of at least 4 members (excludes halogenated alkanes) is 4. The van der Waals surface area contributed by atoms with Gasteiger partial charge in [-0.15, -0.1) is 0 Å². The number of rotatable bonds is 12. The summed E-state index contributed by atoms with van der Waals surface area (Å²) >= 11 is 0. The van der Waals surface area contributed by atoms with Gasteiger partial charge in [0.1, 0.15) is 0 Å². The van der Waals surface area contributed by atoms with Crippen molar-refractivity contribution < 1.29 is 50.9 Å². The molecule has 1 amide bonds. The Morgan fingerprint density at radius 3 is 1.88 bits per heavy atom. The molecule has 6 N–H and O–H groups in total. The number of alkyl halides is 6. The molecule has 0 saturated carbocycles. The van der Waals surface area contributed by atoms with Crippen LogP contribution in [0.2, 0.25) is 0 Å². The predicted octanol–water partition coefficient (Wildman–Crippen LogP) is 5.47. The van der Waals surface area contributed by atoms with Crippen LogP contribution in [0.15, 0.2) is 42.5 Å². The van der Waals surface area contributed by atoms with Crippen LogP contribution in [-0.4, -0.2) is 64.4 Å². The first-order valence-electron chi connectivity index (χ1n) is 12.9. The van der Waals surface area contributed by atoms with Crippen LogP contribution in [0.5, 0.6) is 0 Å². The zero-order chi connectivity index (χ0) is 31.6. The second kappa shape index (κ2) is 18.9. The van der Waals surface area contributed by atoms with E-state index in [0.29, 0.717) is 19.5 Å². The summed E-state index contributed by atoms with van der Waals surface area (Å²) in [5.41, 5.74) is 13.0. The second-order valence-corrected chi connectivity index (χ2v) is 8.96. The summed E-state index contributed by atoms with van der Waals surface area (Å²) in [6.07, 6.45) is -3.06. The lowest BCUT2D eigenvalue weighted by molar-refractivity contribution is -0.193. The van der Waals surface area contributed by atoms with E-state index in [-0.39, 0.29) is 5.91 Å². The first-order chi connectivity index (χ1) is 19.1. The number of nitrogens with two attached hydrogens (primary N) is 2. The van der Waals surface area contributed by atoms with Crippen LogP contribution in [0.25, 0.3) is 10.8 Å². The zero-order valence-electron chi connectivity index (χ0n) is 22.7. The number of carboxylic acid groups (broad SMARTS) is 2. The molecule has 0 heterocycles. The third kappa shape index (κ3) is 15.8. The fraction of sp³-hybridized carbons (Fsp3) is 0.519. The Morgan fingerprint density at radius 2 is 1.37 bits per heavy atom. The van der Waals surface area contributed by atoms with Crippen molar-refractivity contribution in [3.8, 4) is 0 Å². The van der Waals surface area contributed by atoms with E-state index in [1.165, 1.54) is 29.2 Å². The average Bonchev–Trinajstić information content (AvgIpc) is 2.90. The van der Waals surface area contributed by atoms with E-state index < -0.39 is 30.3 Å². The molecule has 0 radical (unpaired) electrons. The molecular weight excluding hydrogens is 560 g/mol. The summed E-state index contributed by atoms with van der Waals surface area (Å²) in [5, 5.41) is 16.7. The Morgan fingerprint density at radius 1 is 0.829 bits per heavy atom. The van der Waals surface area contributed by atoms with Gasteiger partial charge in [-0.05, 0) is 42.1 Å². The maximum atomic E-state index is 13.0. The Labute approximate surface area is 234 Å². The van der Waals surface area contributed by atoms with Gasteiger partial charge < -0.3 is 26.6 Å². The highest BCUT2D eigenvalue weighted by molar-refractivity contribution is 5.87. The van der Waals surface area contributed by atoms with Gasteiger partial charge in [0.15, 0.2) is 0 Å². The van der Waals surface area contributed by atoms with E-state index in [0.717, 1.165) is 32.2 Å². The highest BCUT2D eigenvalue weighted by Gasteiger charge is 2.38. The largest absolute Gasteiger partial charge is 0.490 e. The molecule has 41 heavy (non-hydrogen) atoms. The van der Waals surface area contributed by atoms with Crippen molar-refractivity contribution >= 4 is 28.6 Å². The van der Waals surface area contributed by atoms with Crippen molar-refractivity contribution in [2.75, 3.05) is 13.1 Å². The van der Waals surface area contributed by atoms with Crippen LogP contribution in [0, 0.1) is 0 Å². The van der Waals surface area contributed by atoms with Gasteiger partial charge in [0.2, 0.25) is 5.91 Å². The topological polar surface area (TPSA) is 147 Å².